The lowest BCUT2D eigenvalue weighted by molar-refractivity contribution is 0.0844. The maximum absolute atomic E-state index is 12.1. The first kappa shape index (κ1) is 13.8. The molecule has 5 nitrogen and oxygen atoms in total. The molecule has 1 aromatic carbocycles. The molecule has 0 aliphatic heterocycles. The van der Waals surface area contributed by atoms with Gasteiger partial charge in [-0.1, -0.05) is 18.2 Å². The topological polar surface area (TPSA) is 84.6 Å². The van der Waals surface area contributed by atoms with Gasteiger partial charge in [-0.25, -0.2) is 0 Å². The first-order valence-corrected chi connectivity index (χ1v) is 6.66. The number of nitrogen functional groups attached to an aromatic ring is 1. The highest BCUT2D eigenvalue weighted by molar-refractivity contribution is 7.21. The highest BCUT2D eigenvalue weighted by Gasteiger charge is 2.18. The van der Waals surface area contributed by atoms with Crippen molar-refractivity contribution in [3.63, 3.8) is 0 Å². The van der Waals surface area contributed by atoms with Crippen LogP contribution in [0.2, 0.25) is 0 Å². The van der Waals surface area contributed by atoms with E-state index in [0.717, 1.165) is 10.1 Å². The van der Waals surface area contributed by atoms with Crippen molar-refractivity contribution in [1.29, 1.82) is 0 Å². The van der Waals surface area contributed by atoms with Gasteiger partial charge >= 0.3 is 0 Å². The number of rotatable bonds is 5. The lowest BCUT2D eigenvalue weighted by Gasteiger charge is -2.14. The second kappa shape index (κ2) is 6.01. The van der Waals surface area contributed by atoms with E-state index in [4.69, 9.17) is 15.6 Å². The molecule has 0 bridgehead atoms. The predicted molar refractivity (Wildman–Crippen MR) is 76.5 cm³/mol. The molecule has 1 unspecified atom stereocenters. The Balaban J connectivity index is 2.24. The van der Waals surface area contributed by atoms with Crippen LogP contribution >= 0.6 is 11.3 Å². The number of hydrogen-bond acceptors (Lipinski definition) is 5. The van der Waals surface area contributed by atoms with Crippen LogP contribution in [0.3, 0.4) is 0 Å². The number of carbonyl (C=O) groups is 1. The second-order valence-corrected chi connectivity index (χ2v) is 5.20. The Kier molecular flexibility index (Phi) is 4.36. The Labute approximate surface area is 115 Å². The summed E-state index contributed by atoms with van der Waals surface area (Å²) in [5.41, 5.74) is 6.47. The molecule has 102 valence electrons. The van der Waals surface area contributed by atoms with Gasteiger partial charge in [-0.15, -0.1) is 11.3 Å². The zero-order chi connectivity index (χ0) is 13.8. The molecule has 0 spiro atoms. The first-order chi connectivity index (χ1) is 9.17. The number of ether oxygens (including phenoxy) is 1. The summed E-state index contributed by atoms with van der Waals surface area (Å²) >= 11 is 1.34. The normalized spacial score (nSPS) is 12.5. The molecule has 0 fully saturated rings. The van der Waals surface area contributed by atoms with Crippen molar-refractivity contribution in [2.24, 2.45) is 0 Å². The molecule has 0 radical (unpaired) electrons. The van der Waals surface area contributed by atoms with E-state index in [2.05, 4.69) is 5.32 Å². The largest absolute Gasteiger partial charge is 0.397 e. The number of benzene rings is 1. The number of nitrogens with one attached hydrogen (secondary N) is 1. The average Bonchev–Trinajstić information content (AvgIpc) is 2.76. The van der Waals surface area contributed by atoms with E-state index >= 15 is 0 Å². The third kappa shape index (κ3) is 2.86. The van der Waals surface area contributed by atoms with Crippen molar-refractivity contribution in [3.05, 3.63) is 29.1 Å². The van der Waals surface area contributed by atoms with Crippen molar-refractivity contribution in [1.82, 2.24) is 5.32 Å². The van der Waals surface area contributed by atoms with Gasteiger partial charge in [0.15, 0.2) is 0 Å². The molecule has 19 heavy (non-hydrogen) atoms. The monoisotopic (exact) mass is 280 g/mol. The van der Waals surface area contributed by atoms with Crippen molar-refractivity contribution in [2.45, 2.75) is 6.04 Å². The van der Waals surface area contributed by atoms with E-state index in [1.165, 1.54) is 18.4 Å². The molecule has 6 heteroatoms. The van der Waals surface area contributed by atoms with E-state index in [-0.39, 0.29) is 19.1 Å². The molecule has 0 aliphatic rings. The second-order valence-electron chi connectivity index (χ2n) is 4.15. The highest BCUT2D eigenvalue weighted by Crippen LogP contribution is 2.33. The average molecular weight is 280 g/mol. The molecule has 0 aliphatic carbocycles. The van der Waals surface area contributed by atoms with Gasteiger partial charge in [-0.2, -0.15) is 0 Å². The third-order valence-electron chi connectivity index (χ3n) is 2.76. The number of aliphatic hydroxyl groups excluding tert-OH is 1. The Bertz CT molecular complexity index is 582. The third-order valence-corrected chi connectivity index (χ3v) is 3.95. The number of nitrogens with two attached hydrogens (primary N) is 1. The number of methoxy groups -OCH3 is 1. The Morgan fingerprint density at radius 3 is 2.89 bits per heavy atom. The Morgan fingerprint density at radius 2 is 2.26 bits per heavy atom. The number of fused-ring (bicyclic) bond motifs is 1. The number of anilines is 1. The number of thiophene rings is 1. The summed E-state index contributed by atoms with van der Waals surface area (Å²) in [4.78, 5) is 12.6. The van der Waals surface area contributed by atoms with E-state index in [1.54, 1.807) is 0 Å². The maximum Gasteiger partial charge on any atom is 0.263 e. The standard InChI is InChI=1S/C13H16N2O3S/c1-18-7-8(6-16)15-13(17)12-11(14)9-4-2-3-5-10(9)19-12/h2-5,8,16H,6-7,14H2,1H3,(H,15,17). The van der Waals surface area contributed by atoms with Gasteiger partial charge in [0, 0.05) is 17.2 Å². The van der Waals surface area contributed by atoms with Crippen LogP contribution in [0.25, 0.3) is 10.1 Å². The quantitative estimate of drug-likeness (QED) is 0.769. The smallest absolute Gasteiger partial charge is 0.263 e. The fraction of sp³-hybridized carbons (Fsp3) is 0.308. The van der Waals surface area contributed by atoms with Gasteiger partial charge in [-0.3, -0.25) is 4.79 Å². The van der Waals surface area contributed by atoms with Crippen LogP contribution < -0.4 is 11.1 Å². The molecule has 1 atom stereocenters. The molecular weight excluding hydrogens is 264 g/mol. The van der Waals surface area contributed by atoms with Gasteiger partial charge in [0.2, 0.25) is 0 Å². The van der Waals surface area contributed by atoms with E-state index in [0.29, 0.717) is 10.6 Å². The summed E-state index contributed by atoms with van der Waals surface area (Å²) in [6, 6.07) is 7.17. The minimum atomic E-state index is -0.429. The molecular formula is C13H16N2O3S. The summed E-state index contributed by atoms with van der Waals surface area (Å²) in [7, 11) is 1.52. The maximum atomic E-state index is 12.1. The lowest BCUT2D eigenvalue weighted by Crippen LogP contribution is -2.40. The fourth-order valence-corrected chi connectivity index (χ4v) is 2.85. The Morgan fingerprint density at radius 1 is 1.53 bits per heavy atom. The first-order valence-electron chi connectivity index (χ1n) is 5.85. The zero-order valence-corrected chi connectivity index (χ0v) is 11.4. The van der Waals surface area contributed by atoms with Gasteiger partial charge in [0.25, 0.3) is 5.91 Å². The summed E-state index contributed by atoms with van der Waals surface area (Å²) < 4.78 is 5.89. The van der Waals surface area contributed by atoms with Crippen molar-refractivity contribution in [2.75, 3.05) is 26.1 Å². The summed E-state index contributed by atoms with van der Waals surface area (Å²) in [5.74, 6) is -0.283. The van der Waals surface area contributed by atoms with E-state index in [9.17, 15) is 4.79 Å². The van der Waals surface area contributed by atoms with Gasteiger partial charge < -0.3 is 20.9 Å². The van der Waals surface area contributed by atoms with Gasteiger partial charge in [-0.05, 0) is 6.07 Å². The van der Waals surface area contributed by atoms with E-state index in [1.807, 2.05) is 24.3 Å². The van der Waals surface area contributed by atoms with Crippen molar-refractivity contribution >= 4 is 33.0 Å². The van der Waals surface area contributed by atoms with Crippen molar-refractivity contribution < 1.29 is 14.6 Å². The number of hydrogen-bond donors (Lipinski definition) is 3. The minimum Gasteiger partial charge on any atom is -0.397 e. The summed E-state index contributed by atoms with van der Waals surface area (Å²) in [5, 5.41) is 12.7. The number of aliphatic hydroxyl groups is 1. The number of amides is 1. The van der Waals surface area contributed by atoms with Gasteiger partial charge in [0.05, 0.1) is 24.9 Å². The van der Waals surface area contributed by atoms with Crippen LogP contribution in [0.4, 0.5) is 5.69 Å². The van der Waals surface area contributed by atoms with E-state index < -0.39 is 6.04 Å². The van der Waals surface area contributed by atoms with Crippen LogP contribution in [0.5, 0.6) is 0 Å². The molecule has 1 amide bonds. The number of carbonyl (C=O) groups excluding carboxylic acids is 1. The summed E-state index contributed by atoms with van der Waals surface area (Å²) in [6.07, 6.45) is 0. The predicted octanol–water partition coefficient (Wildman–Crippen LogP) is 1.22. The molecule has 1 heterocycles. The SMILES string of the molecule is COCC(CO)NC(=O)c1sc2ccccc2c1N. The van der Waals surface area contributed by atoms with Crippen LogP contribution in [-0.4, -0.2) is 37.4 Å². The van der Waals surface area contributed by atoms with Crippen molar-refractivity contribution in [3.8, 4) is 0 Å². The molecule has 0 saturated heterocycles. The Hall–Kier alpha value is -1.63. The van der Waals surface area contributed by atoms with Crippen LogP contribution in [0.1, 0.15) is 9.67 Å². The minimum absolute atomic E-state index is 0.176. The van der Waals surface area contributed by atoms with Crippen LogP contribution in [0, 0.1) is 0 Å². The molecule has 2 rings (SSSR count). The van der Waals surface area contributed by atoms with Crippen LogP contribution in [0.15, 0.2) is 24.3 Å². The lowest BCUT2D eigenvalue weighted by atomic mass is 10.2. The fourth-order valence-electron chi connectivity index (χ4n) is 1.83. The highest BCUT2D eigenvalue weighted by atomic mass is 32.1. The molecule has 2 aromatic rings. The molecule has 0 saturated carbocycles. The zero-order valence-electron chi connectivity index (χ0n) is 10.6. The van der Waals surface area contributed by atoms with Crippen LogP contribution in [-0.2, 0) is 4.74 Å². The summed E-state index contributed by atoms with van der Waals surface area (Å²) in [6.45, 7) is 0.0808. The molecule has 4 N–H and O–H groups in total. The van der Waals surface area contributed by atoms with Gasteiger partial charge in [0.1, 0.15) is 4.88 Å². The molecule has 1 aromatic heterocycles.